The van der Waals surface area contributed by atoms with Crippen LogP contribution in [-0.4, -0.2) is 20.7 Å². The zero-order chi connectivity index (χ0) is 34.8. The first-order valence-electron chi connectivity index (χ1n) is 18.4. The van der Waals surface area contributed by atoms with Gasteiger partial charge in [-0.25, -0.2) is 9.98 Å². The van der Waals surface area contributed by atoms with Crippen LogP contribution in [0.3, 0.4) is 0 Å². The lowest BCUT2D eigenvalue weighted by Gasteiger charge is -2.47. The van der Waals surface area contributed by atoms with Crippen LogP contribution in [0.5, 0.6) is 0 Å². The van der Waals surface area contributed by atoms with Gasteiger partial charge in [0.2, 0.25) is 0 Å². The number of thioether (sulfide) groups is 1. The summed E-state index contributed by atoms with van der Waals surface area (Å²) >= 11 is 3.86. The molecule has 0 saturated carbocycles. The number of allylic oxidation sites excluding steroid dienone is 5. The van der Waals surface area contributed by atoms with Crippen molar-refractivity contribution in [1.29, 1.82) is 0 Å². The minimum absolute atomic E-state index is 0.195. The highest BCUT2D eigenvalue weighted by atomic mass is 32.2. The maximum absolute atomic E-state index is 5.91. The molecule has 5 unspecified atom stereocenters. The molecule has 3 nitrogen and oxygen atoms in total. The lowest BCUT2D eigenvalue weighted by atomic mass is 9.61. The van der Waals surface area contributed by atoms with Gasteiger partial charge in [-0.3, -0.25) is 0 Å². The minimum atomic E-state index is -0.398. The number of hydrogen-bond donors (Lipinski definition) is 0. The summed E-state index contributed by atoms with van der Waals surface area (Å²) in [6.45, 7) is 7.21. The molecule has 2 aromatic heterocycles. The van der Waals surface area contributed by atoms with Crippen molar-refractivity contribution < 1.29 is 0 Å². The fourth-order valence-corrected chi connectivity index (χ4v) is 12.5. The maximum atomic E-state index is 5.91. The molecule has 5 heteroatoms. The Morgan fingerprint density at radius 1 is 0.769 bits per heavy atom. The Labute approximate surface area is 311 Å². The zero-order valence-electron chi connectivity index (χ0n) is 29.4. The van der Waals surface area contributed by atoms with E-state index >= 15 is 0 Å². The number of aliphatic imine (C=N–C) groups is 2. The maximum Gasteiger partial charge on any atom is 0.157 e. The SMILES string of the molecule is CC1CC=C(C2=NC(n3c4ccccc4c4c5ccccc5c5c6ccccc6sc5c43)C3(C)C(=N2)SC2C=CC=CC23C)C=C1c1ccccc1. The number of nitrogens with zero attached hydrogens (tertiary/aromatic N) is 3. The second kappa shape index (κ2) is 11.0. The summed E-state index contributed by atoms with van der Waals surface area (Å²) in [6.07, 6.45) is 14.7. The molecule has 1 fully saturated rings. The van der Waals surface area contributed by atoms with Crippen LogP contribution in [-0.2, 0) is 0 Å². The number of hydrogen-bond acceptors (Lipinski definition) is 4. The lowest BCUT2D eigenvalue weighted by Crippen LogP contribution is -2.48. The van der Waals surface area contributed by atoms with Gasteiger partial charge in [-0.2, -0.15) is 0 Å². The van der Waals surface area contributed by atoms with Gasteiger partial charge in [0.1, 0.15) is 6.17 Å². The fraction of sp³-hybridized carbons (Fsp3) is 0.191. The molecule has 7 aromatic rings. The second-order valence-corrected chi connectivity index (χ2v) is 17.4. The summed E-state index contributed by atoms with van der Waals surface area (Å²) in [4.78, 5) is 11.5. The van der Waals surface area contributed by atoms with E-state index in [2.05, 4.69) is 165 Å². The van der Waals surface area contributed by atoms with Crippen LogP contribution in [0, 0.1) is 16.7 Å². The van der Waals surface area contributed by atoms with Gasteiger partial charge in [-0.05, 0) is 59.4 Å². The predicted molar refractivity (Wildman–Crippen MR) is 226 cm³/mol. The number of para-hydroxylation sites is 1. The van der Waals surface area contributed by atoms with E-state index in [1.165, 1.54) is 68.9 Å². The smallest absolute Gasteiger partial charge is 0.157 e. The molecule has 0 radical (unpaired) electrons. The van der Waals surface area contributed by atoms with Crippen LogP contribution in [0.4, 0.5) is 0 Å². The average Bonchev–Trinajstić information content (AvgIpc) is 3.81. The molecular formula is C47H37N3S2. The van der Waals surface area contributed by atoms with Gasteiger partial charge in [0, 0.05) is 42.5 Å². The van der Waals surface area contributed by atoms with Crippen LogP contribution >= 0.6 is 23.1 Å². The lowest BCUT2D eigenvalue weighted by molar-refractivity contribution is 0.150. The standard InChI is InChI=1S/C47H37N3S2/c1-28-24-25-30(27-35(28)29-15-5-4-6-16-29)43-48-44(47(3)45(49-43)52-38-23-13-14-26-46(38,47)2)50-36-21-11-9-19-33(36)39-31-17-7-8-18-32(31)40-34-20-10-12-22-37(34)51-42(40)41(39)50/h4-23,25-28,38,44H,24H2,1-3H3. The first kappa shape index (κ1) is 30.6. The van der Waals surface area contributed by atoms with Crippen molar-refractivity contribution >= 4 is 92.3 Å². The molecule has 0 spiro atoms. The highest BCUT2D eigenvalue weighted by Crippen LogP contribution is 2.66. The molecule has 2 aliphatic carbocycles. The first-order valence-corrected chi connectivity index (χ1v) is 20.1. The van der Waals surface area contributed by atoms with E-state index in [0.29, 0.717) is 5.92 Å². The zero-order valence-corrected chi connectivity index (χ0v) is 31.0. The molecule has 1 saturated heterocycles. The molecule has 0 bridgehead atoms. The van der Waals surface area contributed by atoms with Gasteiger partial charge >= 0.3 is 0 Å². The molecule has 5 aromatic carbocycles. The van der Waals surface area contributed by atoms with Crippen molar-refractivity contribution in [2.45, 2.75) is 38.6 Å². The second-order valence-electron chi connectivity index (χ2n) is 15.2. The van der Waals surface area contributed by atoms with Crippen molar-refractivity contribution in [3.05, 3.63) is 151 Å². The van der Waals surface area contributed by atoms with E-state index in [1.54, 1.807) is 0 Å². The molecule has 4 aliphatic rings. The number of fused-ring (bicyclic) bond motifs is 13. The van der Waals surface area contributed by atoms with Crippen molar-refractivity contribution in [2.75, 3.05) is 0 Å². The van der Waals surface area contributed by atoms with Gasteiger partial charge in [-0.1, -0.05) is 135 Å². The van der Waals surface area contributed by atoms with E-state index in [4.69, 9.17) is 9.98 Å². The average molecular weight is 708 g/mol. The monoisotopic (exact) mass is 707 g/mol. The normalized spacial score (nSPS) is 26.9. The molecule has 252 valence electrons. The summed E-state index contributed by atoms with van der Waals surface area (Å²) in [7, 11) is 0. The number of benzene rings is 5. The van der Waals surface area contributed by atoms with Crippen LogP contribution in [0.25, 0.3) is 58.3 Å². The fourth-order valence-electron chi connectivity index (χ4n) is 9.54. The molecule has 0 N–H and O–H groups in total. The Morgan fingerprint density at radius 3 is 2.31 bits per heavy atom. The summed E-state index contributed by atoms with van der Waals surface area (Å²) in [5.74, 6) is 1.27. The number of thiophene rings is 1. The van der Waals surface area contributed by atoms with Gasteiger partial charge in [0.15, 0.2) is 5.84 Å². The van der Waals surface area contributed by atoms with E-state index < -0.39 is 5.41 Å². The molecule has 0 amide bonds. The van der Waals surface area contributed by atoms with Crippen LogP contribution in [0.2, 0.25) is 0 Å². The highest BCUT2D eigenvalue weighted by Gasteiger charge is 2.63. The summed E-state index contributed by atoms with van der Waals surface area (Å²) in [5, 5.41) is 9.33. The molecule has 52 heavy (non-hydrogen) atoms. The third kappa shape index (κ3) is 3.98. The third-order valence-corrected chi connectivity index (χ3v) is 15.3. The van der Waals surface area contributed by atoms with Gasteiger partial charge in [-0.15, -0.1) is 23.1 Å². The molecule has 11 rings (SSSR count). The van der Waals surface area contributed by atoms with Crippen LogP contribution < -0.4 is 0 Å². The first-order chi connectivity index (χ1) is 25.5. The van der Waals surface area contributed by atoms with Crippen LogP contribution in [0.15, 0.2) is 155 Å². The summed E-state index contributed by atoms with van der Waals surface area (Å²) < 4.78 is 5.29. The minimum Gasteiger partial charge on any atom is -0.315 e. The number of amidine groups is 1. The number of rotatable bonds is 3. The molecule has 5 atom stereocenters. The largest absolute Gasteiger partial charge is 0.315 e. The predicted octanol–water partition coefficient (Wildman–Crippen LogP) is 12.9. The van der Waals surface area contributed by atoms with E-state index in [0.717, 1.165) is 17.8 Å². The molecular weight excluding hydrogens is 671 g/mol. The van der Waals surface area contributed by atoms with E-state index in [-0.39, 0.29) is 16.8 Å². The summed E-state index contributed by atoms with van der Waals surface area (Å²) in [5.41, 5.74) is 5.67. The molecule has 4 heterocycles. The van der Waals surface area contributed by atoms with Crippen molar-refractivity contribution in [2.24, 2.45) is 26.7 Å². The third-order valence-electron chi connectivity index (χ3n) is 12.5. The summed E-state index contributed by atoms with van der Waals surface area (Å²) in [6, 6.07) is 37.8. The van der Waals surface area contributed by atoms with Gasteiger partial charge in [0.05, 0.1) is 26.2 Å². The Bertz CT molecular complexity index is 2860. The highest BCUT2D eigenvalue weighted by molar-refractivity contribution is 8.15. The quantitative estimate of drug-likeness (QED) is 0.180. The van der Waals surface area contributed by atoms with Gasteiger partial charge in [0.25, 0.3) is 0 Å². The Balaban J connectivity index is 1.26. The van der Waals surface area contributed by atoms with Crippen LogP contribution in [0.1, 0.15) is 38.9 Å². The van der Waals surface area contributed by atoms with Crippen molar-refractivity contribution in [1.82, 2.24) is 4.57 Å². The number of aromatic nitrogens is 1. The molecule has 2 aliphatic heterocycles. The van der Waals surface area contributed by atoms with E-state index in [9.17, 15) is 0 Å². The van der Waals surface area contributed by atoms with E-state index in [1.807, 2.05) is 23.1 Å². The Morgan fingerprint density at radius 2 is 1.48 bits per heavy atom. The van der Waals surface area contributed by atoms with Gasteiger partial charge < -0.3 is 4.57 Å². The van der Waals surface area contributed by atoms with Crippen molar-refractivity contribution in [3.8, 4) is 0 Å². The van der Waals surface area contributed by atoms with Crippen molar-refractivity contribution in [3.63, 3.8) is 0 Å². The Kier molecular flexibility index (Phi) is 6.49. The topological polar surface area (TPSA) is 29.6 Å². The Hall–Kier alpha value is -4.97.